The van der Waals surface area contributed by atoms with Crippen molar-refractivity contribution in [3.63, 3.8) is 0 Å². The van der Waals surface area contributed by atoms with E-state index in [1.165, 1.54) is 36.1 Å². The van der Waals surface area contributed by atoms with Crippen LogP contribution in [0.2, 0.25) is 0 Å². The summed E-state index contributed by atoms with van der Waals surface area (Å²) in [7, 11) is 1.43. The molecule has 14 nitrogen and oxygen atoms in total. The molecule has 1 unspecified atom stereocenters. The minimum Gasteiger partial charge on any atom is -0.431 e. The van der Waals surface area contributed by atoms with E-state index in [1.807, 2.05) is 0 Å². The third kappa shape index (κ3) is 5.88. The summed E-state index contributed by atoms with van der Waals surface area (Å²) >= 11 is 2.34. The van der Waals surface area contributed by atoms with Crippen LogP contribution in [0.3, 0.4) is 0 Å². The number of thiazole rings is 1. The molecule has 196 valence electrons. The van der Waals surface area contributed by atoms with Gasteiger partial charge in [-0.3, -0.25) is 14.5 Å². The number of esters is 1. The Hall–Kier alpha value is -3.37. The van der Waals surface area contributed by atoms with E-state index in [1.54, 1.807) is 13.8 Å². The highest BCUT2D eigenvalue weighted by Crippen LogP contribution is 2.41. The highest BCUT2D eigenvalue weighted by Gasteiger charge is 2.55. The van der Waals surface area contributed by atoms with E-state index in [0.717, 1.165) is 11.3 Å². The fourth-order valence-electron chi connectivity index (χ4n) is 3.36. The maximum atomic E-state index is 13.0. The van der Waals surface area contributed by atoms with Gasteiger partial charge in [0.15, 0.2) is 10.8 Å². The van der Waals surface area contributed by atoms with Crippen LogP contribution in [0, 0.1) is 0 Å². The number of ether oxygens (including phenoxy) is 4. The molecule has 0 saturated carbocycles. The number of β-lactam (4-membered cyclic amide) rings is 1. The molecule has 1 aromatic heterocycles. The summed E-state index contributed by atoms with van der Waals surface area (Å²) in [6, 6.07) is -1.02. The Morgan fingerprint density at radius 2 is 2.03 bits per heavy atom. The number of fused-ring (bicyclic) bond motifs is 1. The van der Waals surface area contributed by atoms with Crippen molar-refractivity contribution < 1.29 is 43.3 Å². The highest BCUT2D eigenvalue weighted by atomic mass is 32.2. The molecular formula is C20H25N5O9S2. The molecule has 0 bridgehead atoms. The first kappa shape index (κ1) is 27.2. The van der Waals surface area contributed by atoms with Gasteiger partial charge in [-0.15, -0.1) is 23.1 Å². The molecule has 0 aliphatic carbocycles. The topological polar surface area (TPSA) is 192 Å². The number of nitrogens with one attached hydrogen (secondary N) is 1. The number of nitrogens with zero attached hydrogens (tertiary/aromatic N) is 3. The standard InChI is InChI=1S/C20H25N5O9S2/c1-8(2)32-20(29)34-9(3)33-18(28)14-10(5-31-4)6-35-17-13(16(27)25(14)17)23-15(26)12(24-30)11-7-36-19(21)22-11/h7-9,13,17,30H,5-6H2,1-4H3,(H2,21,22)(H,23,26)/b24-12+/t9-,13?,17+/m1/s1. The predicted octanol–water partition coefficient (Wildman–Crippen LogP) is 0.655. The lowest BCUT2D eigenvalue weighted by Crippen LogP contribution is -2.71. The van der Waals surface area contributed by atoms with Gasteiger partial charge in [-0.25, -0.2) is 14.6 Å². The van der Waals surface area contributed by atoms with Crippen LogP contribution in [0.5, 0.6) is 0 Å². The second kappa shape index (κ2) is 11.6. The number of aromatic nitrogens is 1. The molecule has 3 heterocycles. The Kier molecular flexibility index (Phi) is 8.75. The molecule has 1 saturated heterocycles. The molecule has 2 amide bonds. The minimum atomic E-state index is -1.30. The number of hydrogen-bond donors (Lipinski definition) is 3. The van der Waals surface area contributed by atoms with Crippen LogP contribution in [0.15, 0.2) is 21.8 Å². The van der Waals surface area contributed by atoms with Crippen molar-refractivity contribution in [3.05, 3.63) is 22.3 Å². The fraction of sp³-hybridized carbons (Fsp3) is 0.500. The monoisotopic (exact) mass is 543 g/mol. The van der Waals surface area contributed by atoms with Crippen molar-refractivity contribution in [3.8, 4) is 0 Å². The first-order chi connectivity index (χ1) is 17.1. The van der Waals surface area contributed by atoms with Crippen LogP contribution in [0.4, 0.5) is 9.93 Å². The molecule has 1 fully saturated rings. The zero-order valence-corrected chi connectivity index (χ0v) is 21.4. The molecule has 0 radical (unpaired) electrons. The van der Waals surface area contributed by atoms with E-state index >= 15 is 0 Å². The van der Waals surface area contributed by atoms with Gasteiger partial charge in [0.25, 0.3) is 11.8 Å². The number of nitrogens with two attached hydrogens (primary N) is 1. The van der Waals surface area contributed by atoms with E-state index in [-0.39, 0.29) is 23.1 Å². The van der Waals surface area contributed by atoms with Crippen LogP contribution < -0.4 is 11.1 Å². The molecule has 0 aromatic carbocycles. The maximum Gasteiger partial charge on any atom is 0.511 e. The number of oxime groups is 1. The normalized spacial score (nSPS) is 20.4. The summed E-state index contributed by atoms with van der Waals surface area (Å²) in [4.78, 5) is 55.4. The number of methoxy groups -OCH3 is 1. The fourth-order valence-corrected chi connectivity index (χ4v) is 5.24. The van der Waals surface area contributed by atoms with Gasteiger partial charge in [0.1, 0.15) is 22.8 Å². The summed E-state index contributed by atoms with van der Waals surface area (Å²) in [5.41, 5.74) is 5.62. The summed E-state index contributed by atoms with van der Waals surface area (Å²) in [6.07, 6.45) is -2.74. The lowest BCUT2D eigenvalue weighted by molar-refractivity contribution is -0.169. The number of carbonyl (C=O) groups is 4. The number of amides is 2. The van der Waals surface area contributed by atoms with Gasteiger partial charge in [-0.1, -0.05) is 5.16 Å². The van der Waals surface area contributed by atoms with Crippen LogP contribution in [-0.4, -0.2) is 88.0 Å². The predicted molar refractivity (Wildman–Crippen MR) is 127 cm³/mol. The maximum absolute atomic E-state index is 13.0. The average molecular weight is 544 g/mol. The summed E-state index contributed by atoms with van der Waals surface area (Å²) in [5.74, 6) is -2.05. The number of rotatable bonds is 9. The van der Waals surface area contributed by atoms with Gasteiger partial charge in [-0.05, 0) is 19.4 Å². The van der Waals surface area contributed by atoms with E-state index in [2.05, 4.69) is 15.5 Å². The Bertz CT molecular complexity index is 1100. The molecule has 4 N–H and O–H groups in total. The van der Waals surface area contributed by atoms with Crippen LogP contribution in [-0.2, 0) is 33.3 Å². The molecule has 36 heavy (non-hydrogen) atoms. The van der Waals surface area contributed by atoms with Crippen molar-refractivity contribution in [2.45, 2.75) is 44.6 Å². The second-order valence-electron chi connectivity index (χ2n) is 7.77. The Labute approximate surface area is 213 Å². The van der Waals surface area contributed by atoms with Crippen molar-refractivity contribution in [1.82, 2.24) is 15.2 Å². The van der Waals surface area contributed by atoms with E-state index in [4.69, 9.17) is 24.7 Å². The number of anilines is 1. The van der Waals surface area contributed by atoms with Gasteiger partial charge in [0, 0.05) is 25.2 Å². The SMILES string of the molecule is COCC1=C(C(=O)O[C@@H](C)OC(=O)OC(C)C)N2C(=O)C(NC(=O)/C(=N/O)c3csc(N)n3)[C@@H]2SC1. The quantitative estimate of drug-likeness (QED) is 0.0985. The van der Waals surface area contributed by atoms with Crippen LogP contribution in [0.1, 0.15) is 26.5 Å². The molecule has 3 rings (SSSR count). The zero-order valence-electron chi connectivity index (χ0n) is 19.7. The zero-order chi connectivity index (χ0) is 26.6. The van der Waals surface area contributed by atoms with E-state index in [0.29, 0.717) is 11.3 Å². The number of hydrogen-bond acceptors (Lipinski definition) is 14. The molecule has 1 aromatic rings. The minimum absolute atomic E-state index is 0.0438. The summed E-state index contributed by atoms with van der Waals surface area (Å²) in [5, 5.41) is 15.7. The lowest BCUT2D eigenvalue weighted by Gasteiger charge is -2.49. The molecule has 0 spiro atoms. The average Bonchev–Trinajstić information content (AvgIpc) is 3.22. The van der Waals surface area contributed by atoms with Gasteiger partial charge < -0.3 is 35.2 Å². The molecule has 2 aliphatic heterocycles. The Balaban J connectivity index is 1.72. The number of carbonyl (C=O) groups excluding carboxylic acids is 4. The van der Waals surface area contributed by atoms with E-state index < -0.39 is 53.5 Å². The highest BCUT2D eigenvalue weighted by molar-refractivity contribution is 8.00. The Morgan fingerprint density at radius 1 is 1.31 bits per heavy atom. The van der Waals surface area contributed by atoms with Crippen LogP contribution in [0.25, 0.3) is 0 Å². The van der Waals surface area contributed by atoms with Crippen molar-refractivity contribution >= 4 is 57.9 Å². The molecular weight excluding hydrogens is 518 g/mol. The third-order valence-corrected chi connectivity index (χ3v) is 6.81. The first-order valence-electron chi connectivity index (χ1n) is 10.6. The van der Waals surface area contributed by atoms with Gasteiger partial charge in [0.05, 0.1) is 12.7 Å². The third-order valence-electron chi connectivity index (χ3n) is 4.79. The summed E-state index contributed by atoms with van der Waals surface area (Å²) in [6.45, 7) is 4.63. The first-order valence-corrected chi connectivity index (χ1v) is 12.5. The number of thioether (sulfide) groups is 1. The van der Waals surface area contributed by atoms with Gasteiger partial charge >= 0.3 is 12.1 Å². The van der Waals surface area contributed by atoms with Gasteiger partial charge in [0.2, 0.25) is 6.29 Å². The van der Waals surface area contributed by atoms with Crippen molar-refractivity contribution in [2.75, 3.05) is 25.2 Å². The van der Waals surface area contributed by atoms with Crippen molar-refractivity contribution in [2.24, 2.45) is 5.16 Å². The smallest absolute Gasteiger partial charge is 0.431 e. The number of nitrogen functional groups attached to an aromatic ring is 1. The van der Waals surface area contributed by atoms with Crippen LogP contribution >= 0.6 is 23.1 Å². The van der Waals surface area contributed by atoms with Gasteiger partial charge in [-0.2, -0.15) is 0 Å². The second-order valence-corrected chi connectivity index (χ2v) is 9.77. The lowest BCUT2D eigenvalue weighted by atomic mass is 10.0. The van der Waals surface area contributed by atoms with E-state index in [9.17, 15) is 24.4 Å². The summed E-state index contributed by atoms with van der Waals surface area (Å²) < 4.78 is 20.1. The molecule has 16 heteroatoms. The molecule has 2 aliphatic rings. The molecule has 3 atom stereocenters. The van der Waals surface area contributed by atoms with Crippen molar-refractivity contribution in [1.29, 1.82) is 0 Å². The largest absolute Gasteiger partial charge is 0.511 e. The Morgan fingerprint density at radius 3 is 2.61 bits per heavy atom.